The van der Waals surface area contributed by atoms with E-state index in [1.165, 1.54) is 12.1 Å². The number of halogens is 2. The summed E-state index contributed by atoms with van der Waals surface area (Å²) in [6.45, 7) is 0. The van der Waals surface area contributed by atoms with Crippen LogP contribution in [0, 0.1) is 5.82 Å². The van der Waals surface area contributed by atoms with Crippen LogP contribution in [-0.4, -0.2) is 10.9 Å². The second-order valence-corrected chi connectivity index (χ2v) is 5.79. The van der Waals surface area contributed by atoms with Crippen molar-refractivity contribution in [3.05, 3.63) is 82.7 Å². The maximum atomic E-state index is 13.7. The van der Waals surface area contributed by atoms with Gasteiger partial charge in [-0.15, -0.1) is 0 Å². The summed E-state index contributed by atoms with van der Waals surface area (Å²) >= 11 is 3.44. The molecule has 3 aromatic rings. The van der Waals surface area contributed by atoms with Crippen molar-refractivity contribution in [2.75, 3.05) is 10.6 Å². The molecule has 0 aliphatic heterocycles. The Morgan fingerprint density at radius 1 is 0.958 bits per heavy atom. The van der Waals surface area contributed by atoms with Crippen molar-refractivity contribution in [3.8, 4) is 0 Å². The summed E-state index contributed by atoms with van der Waals surface area (Å²) in [5.74, 6) is -0.545. The van der Waals surface area contributed by atoms with Crippen LogP contribution < -0.4 is 10.6 Å². The van der Waals surface area contributed by atoms with Crippen molar-refractivity contribution in [3.63, 3.8) is 0 Å². The van der Waals surface area contributed by atoms with E-state index in [-0.39, 0.29) is 5.69 Å². The first-order valence-electron chi connectivity index (χ1n) is 7.17. The van der Waals surface area contributed by atoms with Gasteiger partial charge in [0.25, 0.3) is 5.91 Å². The van der Waals surface area contributed by atoms with Gasteiger partial charge in [0.15, 0.2) is 0 Å². The van der Waals surface area contributed by atoms with E-state index in [1.54, 1.807) is 30.5 Å². The number of nitrogens with zero attached hydrogens (tertiary/aromatic N) is 1. The zero-order chi connectivity index (χ0) is 16.9. The Kier molecular flexibility index (Phi) is 4.86. The fraction of sp³-hybridized carbons (Fsp3) is 0. The highest BCUT2D eigenvalue weighted by atomic mass is 79.9. The topological polar surface area (TPSA) is 54.0 Å². The van der Waals surface area contributed by atoms with Gasteiger partial charge in [-0.25, -0.2) is 9.37 Å². The van der Waals surface area contributed by atoms with E-state index in [0.717, 1.165) is 10.2 Å². The van der Waals surface area contributed by atoms with Crippen molar-refractivity contribution >= 4 is 39.0 Å². The predicted octanol–water partition coefficient (Wildman–Crippen LogP) is 4.98. The number of carbonyl (C=O) groups excluding carboxylic acids is 1. The third-order valence-electron chi connectivity index (χ3n) is 3.30. The van der Waals surface area contributed by atoms with E-state index in [1.807, 2.05) is 24.3 Å². The van der Waals surface area contributed by atoms with Gasteiger partial charge in [-0.1, -0.05) is 24.3 Å². The zero-order valence-electron chi connectivity index (χ0n) is 12.5. The highest BCUT2D eigenvalue weighted by Gasteiger charge is 2.14. The molecule has 1 amide bonds. The first-order valence-corrected chi connectivity index (χ1v) is 7.97. The van der Waals surface area contributed by atoms with Gasteiger partial charge in [-0.3, -0.25) is 4.79 Å². The third-order valence-corrected chi connectivity index (χ3v) is 3.99. The molecule has 0 bridgehead atoms. The maximum absolute atomic E-state index is 13.7. The number of anilines is 3. The average molecular weight is 386 g/mol. The SMILES string of the molecule is O=C(Nc1ccccc1F)c1cccnc1Nc1ccccc1Br. The minimum absolute atomic E-state index is 0.123. The number of rotatable bonds is 4. The van der Waals surface area contributed by atoms with Gasteiger partial charge in [0.1, 0.15) is 11.6 Å². The van der Waals surface area contributed by atoms with Crippen LogP contribution >= 0.6 is 15.9 Å². The van der Waals surface area contributed by atoms with E-state index in [2.05, 4.69) is 31.5 Å². The summed E-state index contributed by atoms with van der Waals surface area (Å²) in [4.78, 5) is 16.7. The van der Waals surface area contributed by atoms with Crippen LogP contribution in [-0.2, 0) is 0 Å². The largest absolute Gasteiger partial charge is 0.339 e. The van der Waals surface area contributed by atoms with Crippen LogP contribution in [0.4, 0.5) is 21.6 Å². The molecular formula is C18H13BrFN3O. The van der Waals surface area contributed by atoms with Crippen molar-refractivity contribution in [2.45, 2.75) is 0 Å². The molecule has 0 saturated carbocycles. The molecule has 0 unspecified atom stereocenters. The summed E-state index contributed by atoms with van der Waals surface area (Å²) in [5, 5.41) is 5.67. The van der Waals surface area contributed by atoms with Crippen LogP contribution in [0.3, 0.4) is 0 Å². The van der Waals surface area contributed by atoms with E-state index in [0.29, 0.717) is 11.4 Å². The lowest BCUT2D eigenvalue weighted by molar-refractivity contribution is 0.102. The Balaban J connectivity index is 1.88. The molecule has 0 radical (unpaired) electrons. The van der Waals surface area contributed by atoms with Crippen molar-refractivity contribution in [1.29, 1.82) is 0 Å². The van der Waals surface area contributed by atoms with Crippen LogP contribution in [0.15, 0.2) is 71.3 Å². The molecule has 4 nitrogen and oxygen atoms in total. The fourth-order valence-corrected chi connectivity index (χ4v) is 2.51. The number of nitrogens with one attached hydrogen (secondary N) is 2. The maximum Gasteiger partial charge on any atom is 0.259 e. The lowest BCUT2D eigenvalue weighted by Gasteiger charge is -2.12. The number of amides is 1. The fourth-order valence-electron chi connectivity index (χ4n) is 2.13. The molecule has 1 heterocycles. The van der Waals surface area contributed by atoms with Crippen molar-refractivity contribution in [2.24, 2.45) is 0 Å². The molecule has 0 spiro atoms. The van der Waals surface area contributed by atoms with E-state index in [4.69, 9.17) is 0 Å². The summed E-state index contributed by atoms with van der Waals surface area (Å²) in [5.41, 5.74) is 1.21. The minimum atomic E-state index is -0.491. The summed E-state index contributed by atoms with van der Waals surface area (Å²) < 4.78 is 14.6. The monoisotopic (exact) mass is 385 g/mol. The average Bonchev–Trinajstić information content (AvgIpc) is 2.59. The number of pyridine rings is 1. The number of aromatic nitrogens is 1. The number of carbonyl (C=O) groups is 1. The van der Waals surface area contributed by atoms with E-state index >= 15 is 0 Å². The lowest BCUT2D eigenvalue weighted by atomic mass is 10.2. The molecule has 6 heteroatoms. The summed E-state index contributed by atoms with van der Waals surface area (Å²) in [6, 6.07) is 16.8. The summed E-state index contributed by atoms with van der Waals surface area (Å²) in [7, 11) is 0. The van der Waals surface area contributed by atoms with Crippen LogP contribution in [0.1, 0.15) is 10.4 Å². The number of para-hydroxylation sites is 2. The number of benzene rings is 2. The lowest BCUT2D eigenvalue weighted by Crippen LogP contribution is -2.15. The third kappa shape index (κ3) is 3.60. The Bertz CT molecular complexity index is 885. The van der Waals surface area contributed by atoms with Gasteiger partial charge in [-0.05, 0) is 52.3 Å². The molecule has 2 aromatic carbocycles. The number of hydrogen-bond acceptors (Lipinski definition) is 3. The molecule has 0 atom stereocenters. The molecule has 1 aromatic heterocycles. The standard InChI is InChI=1S/C18H13BrFN3O/c19-13-7-1-3-9-15(13)22-17-12(6-5-11-21-17)18(24)23-16-10-4-2-8-14(16)20/h1-11H,(H,21,22)(H,23,24). The Morgan fingerprint density at radius 2 is 1.67 bits per heavy atom. The van der Waals surface area contributed by atoms with Gasteiger partial charge in [0.2, 0.25) is 0 Å². The molecule has 120 valence electrons. The molecule has 0 saturated heterocycles. The minimum Gasteiger partial charge on any atom is -0.339 e. The predicted molar refractivity (Wildman–Crippen MR) is 96.0 cm³/mol. The van der Waals surface area contributed by atoms with E-state index < -0.39 is 11.7 Å². The van der Waals surface area contributed by atoms with Crippen molar-refractivity contribution < 1.29 is 9.18 Å². The molecular weight excluding hydrogens is 373 g/mol. The van der Waals surface area contributed by atoms with Gasteiger partial charge < -0.3 is 10.6 Å². The quantitative estimate of drug-likeness (QED) is 0.665. The summed E-state index contributed by atoms with van der Waals surface area (Å²) in [6.07, 6.45) is 1.58. The van der Waals surface area contributed by atoms with Gasteiger partial charge in [0, 0.05) is 10.7 Å². The highest BCUT2D eigenvalue weighted by molar-refractivity contribution is 9.10. The first kappa shape index (κ1) is 16.1. The molecule has 0 aliphatic carbocycles. The van der Waals surface area contributed by atoms with Crippen LogP contribution in [0.2, 0.25) is 0 Å². The molecule has 0 aliphatic rings. The number of hydrogen-bond donors (Lipinski definition) is 2. The van der Waals surface area contributed by atoms with E-state index in [9.17, 15) is 9.18 Å². The Hall–Kier alpha value is -2.73. The molecule has 0 fully saturated rings. The van der Waals surface area contributed by atoms with Gasteiger partial charge >= 0.3 is 0 Å². The van der Waals surface area contributed by atoms with Crippen LogP contribution in [0.5, 0.6) is 0 Å². The van der Waals surface area contributed by atoms with Crippen molar-refractivity contribution in [1.82, 2.24) is 4.98 Å². The Labute approximate surface area is 146 Å². The highest BCUT2D eigenvalue weighted by Crippen LogP contribution is 2.26. The van der Waals surface area contributed by atoms with Gasteiger partial charge in [0.05, 0.1) is 16.9 Å². The second-order valence-electron chi connectivity index (χ2n) is 4.94. The first-order chi connectivity index (χ1) is 11.6. The van der Waals surface area contributed by atoms with Gasteiger partial charge in [-0.2, -0.15) is 0 Å². The normalized spacial score (nSPS) is 10.2. The zero-order valence-corrected chi connectivity index (χ0v) is 14.0. The Morgan fingerprint density at radius 3 is 2.42 bits per heavy atom. The molecule has 3 rings (SSSR count). The molecule has 24 heavy (non-hydrogen) atoms. The van der Waals surface area contributed by atoms with Crippen LogP contribution in [0.25, 0.3) is 0 Å². The molecule has 2 N–H and O–H groups in total. The smallest absolute Gasteiger partial charge is 0.259 e. The second kappa shape index (κ2) is 7.23.